The molecule has 0 fully saturated rings. The predicted molar refractivity (Wildman–Crippen MR) is 113 cm³/mol. The first kappa shape index (κ1) is 18.7. The van der Waals surface area contributed by atoms with E-state index in [1.165, 1.54) is 41.2 Å². The van der Waals surface area contributed by atoms with Crippen LogP contribution in [-0.2, 0) is 19.3 Å². The van der Waals surface area contributed by atoms with E-state index in [-0.39, 0.29) is 11.4 Å². The molecule has 0 aromatic heterocycles. The highest BCUT2D eigenvalue weighted by molar-refractivity contribution is 5.84. The first-order chi connectivity index (χ1) is 13.7. The van der Waals surface area contributed by atoms with Crippen molar-refractivity contribution in [3.8, 4) is 6.07 Å². The summed E-state index contributed by atoms with van der Waals surface area (Å²) in [5.74, 6) is 0.0982. The molecule has 0 N–H and O–H groups in total. The summed E-state index contributed by atoms with van der Waals surface area (Å²) in [6.45, 7) is 2.24. The molecule has 1 nitrogen and oxygen atoms in total. The Labute approximate surface area is 166 Å². The zero-order valence-electron chi connectivity index (χ0n) is 16.5. The van der Waals surface area contributed by atoms with Crippen molar-refractivity contribution in [3.05, 3.63) is 82.2 Å². The molecule has 3 aromatic carbocycles. The van der Waals surface area contributed by atoms with Crippen LogP contribution in [0.4, 0.5) is 4.39 Å². The molecule has 28 heavy (non-hydrogen) atoms. The maximum atomic E-state index is 14.4. The molecule has 0 amide bonds. The third kappa shape index (κ3) is 3.67. The lowest BCUT2D eigenvalue weighted by molar-refractivity contribution is 0.540. The normalized spacial score (nSPS) is 16.0. The Hall–Kier alpha value is -2.66. The van der Waals surface area contributed by atoms with E-state index in [4.69, 9.17) is 5.26 Å². The van der Waals surface area contributed by atoms with Gasteiger partial charge in [-0.15, -0.1) is 0 Å². The second kappa shape index (κ2) is 8.15. The molecule has 142 valence electrons. The van der Waals surface area contributed by atoms with Gasteiger partial charge in [-0.1, -0.05) is 62.2 Å². The molecule has 3 aromatic rings. The molecular weight excluding hydrogens is 345 g/mol. The Morgan fingerprint density at radius 1 is 1.04 bits per heavy atom. The predicted octanol–water partition coefficient (Wildman–Crippen LogP) is 6.86. The Morgan fingerprint density at radius 3 is 2.68 bits per heavy atom. The average molecular weight is 371 g/mol. The van der Waals surface area contributed by atoms with Crippen LogP contribution in [-0.4, -0.2) is 0 Å². The second-order valence-corrected chi connectivity index (χ2v) is 8.01. The van der Waals surface area contributed by atoms with Gasteiger partial charge in [0.05, 0.1) is 5.56 Å². The van der Waals surface area contributed by atoms with E-state index in [1.54, 1.807) is 6.07 Å². The number of aryl methyl sites for hydroxylation is 1. The molecule has 2 heteroatoms. The Bertz CT molecular complexity index is 1040. The lowest BCUT2D eigenvalue weighted by Crippen LogP contribution is -2.15. The largest absolute Gasteiger partial charge is 0.205 e. The molecule has 0 saturated carbocycles. The van der Waals surface area contributed by atoms with Crippen molar-refractivity contribution in [2.45, 2.75) is 57.8 Å². The fourth-order valence-electron chi connectivity index (χ4n) is 4.48. The zero-order chi connectivity index (χ0) is 19.5. The molecular formula is C26H26FN. The number of hydrogen-bond acceptors (Lipinski definition) is 1. The van der Waals surface area contributed by atoms with E-state index in [0.29, 0.717) is 12.3 Å². The number of rotatable bonds is 5. The summed E-state index contributed by atoms with van der Waals surface area (Å²) in [5.41, 5.74) is 4.72. The van der Waals surface area contributed by atoms with Crippen LogP contribution in [0.3, 0.4) is 0 Å². The molecule has 1 atom stereocenters. The van der Waals surface area contributed by atoms with E-state index in [0.717, 1.165) is 30.4 Å². The molecule has 1 aliphatic rings. The number of fused-ring (bicyclic) bond motifs is 2. The SMILES string of the molecule is CCCCCc1ccc2cc(C3CCc4c(ccc(C#N)c4F)C3)ccc2c1. The molecule has 0 bridgehead atoms. The Balaban J connectivity index is 1.56. The molecule has 1 aliphatic carbocycles. The van der Waals surface area contributed by atoms with Gasteiger partial charge >= 0.3 is 0 Å². The van der Waals surface area contributed by atoms with Gasteiger partial charge in [-0.25, -0.2) is 4.39 Å². The van der Waals surface area contributed by atoms with Gasteiger partial charge in [0.1, 0.15) is 11.9 Å². The highest BCUT2D eigenvalue weighted by atomic mass is 19.1. The van der Waals surface area contributed by atoms with Crippen molar-refractivity contribution in [1.82, 2.24) is 0 Å². The van der Waals surface area contributed by atoms with Gasteiger partial charge in [0.2, 0.25) is 0 Å². The van der Waals surface area contributed by atoms with E-state index < -0.39 is 0 Å². The summed E-state index contributed by atoms with van der Waals surface area (Å²) in [7, 11) is 0. The zero-order valence-corrected chi connectivity index (χ0v) is 16.5. The minimum absolute atomic E-state index is 0.164. The lowest BCUT2D eigenvalue weighted by Gasteiger charge is -2.26. The van der Waals surface area contributed by atoms with Gasteiger partial charge in [0.25, 0.3) is 0 Å². The number of hydrogen-bond donors (Lipinski definition) is 0. The first-order valence-electron chi connectivity index (χ1n) is 10.4. The van der Waals surface area contributed by atoms with Crippen molar-refractivity contribution >= 4 is 10.8 Å². The first-order valence-corrected chi connectivity index (χ1v) is 10.4. The lowest BCUT2D eigenvalue weighted by atomic mass is 9.79. The number of nitriles is 1. The summed E-state index contributed by atoms with van der Waals surface area (Å²) < 4.78 is 14.4. The van der Waals surface area contributed by atoms with Gasteiger partial charge in [0, 0.05) is 0 Å². The fraction of sp³-hybridized carbons (Fsp3) is 0.346. The maximum Gasteiger partial charge on any atom is 0.144 e. The molecule has 0 heterocycles. The summed E-state index contributed by atoms with van der Waals surface area (Å²) >= 11 is 0. The van der Waals surface area contributed by atoms with Crippen LogP contribution in [0.15, 0.2) is 48.5 Å². The highest BCUT2D eigenvalue weighted by Gasteiger charge is 2.24. The average Bonchev–Trinajstić information content (AvgIpc) is 2.73. The summed E-state index contributed by atoms with van der Waals surface area (Å²) in [4.78, 5) is 0. The minimum atomic E-state index is -0.312. The summed E-state index contributed by atoms with van der Waals surface area (Å²) in [6, 6.07) is 19.1. The number of halogens is 1. The topological polar surface area (TPSA) is 23.8 Å². The summed E-state index contributed by atoms with van der Waals surface area (Å²) in [5, 5.41) is 11.6. The van der Waals surface area contributed by atoms with Gasteiger partial charge in [-0.2, -0.15) is 5.26 Å². The van der Waals surface area contributed by atoms with Crippen molar-refractivity contribution in [1.29, 1.82) is 5.26 Å². The van der Waals surface area contributed by atoms with Crippen molar-refractivity contribution in [3.63, 3.8) is 0 Å². The number of nitrogens with zero attached hydrogens (tertiary/aromatic N) is 1. The number of unbranched alkanes of at least 4 members (excludes halogenated alkanes) is 2. The third-order valence-electron chi connectivity index (χ3n) is 6.14. The fourth-order valence-corrected chi connectivity index (χ4v) is 4.48. The third-order valence-corrected chi connectivity index (χ3v) is 6.14. The van der Waals surface area contributed by atoms with Crippen LogP contribution < -0.4 is 0 Å². The van der Waals surface area contributed by atoms with E-state index in [1.807, 2.05) is 12.1 Å². The van der Waals surface area contributed by atoms with Crippen LogP contribution in [0.1, 0.15) is 66.3 Å². The Kier molecular flexibility index (Phi) is 5.44. The van der Waals surface area contributed by atoms with E-state index >= 15 is 0 Å². The van der Waals surface area contributed by atoms with Crippen molar-refractivity contribution in [2.24, 2.45) is 0 Å². The standard InChI is InChI=1S/C26H26FN/c1-2-3-4-5-18-6-7-20-15-21(9-8-19(20)14-18)22-12-13-25-23(16-22)10-11-24(17-28)26(25)27/h6-11,14-15,22H,2-5,12-13,16H2,1H3. The molecule has 0 spiro atoms. The van der Waals surface area contributed by atoms with Gasteiger partial charge in [-0.3, -0.25) is 0 Å². The second-order valence-electron chi connectivity index (χ2n) is 8.01. The van der Waals surface area contributed by atoms with Gasteiger partial charge < -0.3 is 0 Å². The van der Waals surface area contributed by atoms with Crippen LogP contribution in [0.25, 0.3) is 10.8 Å². The maximum absolute atomic E-state index is 14.4. The molecule has 0 radical (unpaired) electrons. The van der Waals surface area contributed by atoms with Crippen molar-refractivity contribution < 1.29 is 4.39 Å². The Morgan fingerprint density at radius 2 is 1.86 bits per heavy atom. The van der Waals surface area contributed by atoms with Crippen molar-refractivity contribution in [2.75, 3.05) is 0 Å². The van der Waals surface area contributed by atoms with Gasteiger partial charge in [-0.05, 0) is 77.1 Å². The van der Waals surface area contributed by atoms with E-state index in [2.05, 4.69) is 43.3 Å². The molecule has 1 unspecified atom stereocenters. The monoisotopic (exact) mass is 371 g/mol. The quantitative estimate of drug-likeness (QED) is 0.450. The van der Waals surface area contributed by atoms with Crippen LogP contribution >= 0.6 is 0 Å². The van der Waals surface area contributed by atoms with Crippen LogP contribution in [0.2, 0.25) is 0 Å². The van der Waals surface area contributed by atoms with Crippen LogP contribution in [0, 0.1) is 17.1 Å². The molecule has 0 saturated heterocycles. The van der Waals surface area contributed by atoms with E-state index in [9.17, 15) is 4.39 Å². The summed E-state index contributed by atoms with van der Waals surface area (Å²) in [6.07, 6.45) is 7.43. The molecule has 0 aliphatic heterocycles. The smallest absolute Gasteiger partial charge is 0.144 e. The highest BCUT2D eigenvalue weighted by Crippen LogP contribution is 2.35. The minimum Gasteiger partial charge on any atom is -0.205 e. The number of benzene rings is 3. The van der Waals surface area contributed by atoms with Crippen LogP contribution in [0.5, 0.6) is 0 Å². The molecule has 4 rings (SSSR count). The van der Waals surface area contributed by atoms with Gasteiger partial charge in [0.15, 0.2) is 0 Å².